The van der Waals surface area contributed by atoms with Gasteiger partial charge in [-0.05, 0) is 97.9 Å². The predicted molar refractivity (Wildman–Crippen MR) is 183 cm³/mol. The Hall–Kier alpha value is -2.90. The van der Waals surface area contributed by atoms with E-state index in [9.17, 15) is 9.00 Å². The maximum Gasteiger partial charge on any atom is 0.258 e. The molecule has 44 heavy (non-hydrogen) atoms. The Kier molecular flexibility index (Phi) is 11.0. The van der Waals surface area contributed by atoms with Crippen LogP contribution in [0.25, 0.3) is 10.8 Å². The van der Waals surface area contributed by atoms with Gasteiger partial charge >= 0.3 is 0 Å². The Balaban J connectivity index is 1.32. The van der Waals surface area contributed by atoms with Gasteiger partial charge in [-0.2, -0.15) is 0 Å². The minimum absolute atomic E-state index is 0.0604. The van der Waals surface area contributed by atoms with Gasteiger partial charge < -0.3 is 14.5 Å². The molecule has 1 aliphatic heterocycles. The number of rotatable bonds is 11. The molecule has 4 aromatic carbocycles. The largest absolute Gasteiger partial charge is 0.493 e. The third-order valence-electron chi connectivity index (χ3n) is 8.71. The monoisotopic (exact) mass is 650 g/mol. The molecule has 0 aliphatic carbocycles. The molecule has 1 heterocycles. The topological polar surface area (TPSA) is 49.9 Å². The van der Waals surface area contributed by atoms with Crippen LogP contribution in [0.3, 0.4) is 0 Å². The van der Waals surface area contributed by atoms with Crippen molar-refractivity contribution in [3.05, 3.63) is 106 Å². The molecule has 0 radical (unpaired) electrons. The van der Waals surface area contributed by atoms with E-state index in [1.165, 1.54) is 5.56 Å². The molecular formula is C36H40Cl2N2O3S. The fraction of sp³-hybridized carbons (Fsp3) is 0.361. The van der Waals surface area contributed by atoms with E-state index >= 15 is 0 Å². The van der Waals surface area contributed by atoms with Crippen LogP contribution in [0, 0.1) is 0 Å². The molecule has 0 unspecified atom stereocenters. The second kappa shape index (κ2) is 14.9. The summed E-state index contributed by atoms with van der Waals surface area (Å²) in [5.41, 5.74) is 2.88. The molecule has 0 bridgehead atoms. The summed E-state index contributed by atoms with van der Waals surface area (Å²) in [6.07, 6.45) is 4.69. The number of hydrogen-bond acceptors (Lipinski definition) is 4. The van der Waals surface area contributed by atoms with Gasteiger partial charge in [-0.1, -0.05) is 77.8 Å². The smallest absolute Gasteiger partial charge is 0.258 e. The van der Waals surface area contributed by atoms with E-state index in [-0.39, 0.29) is 11.8 Å². The van der Waals surface area contributed by atoms with Crippen LogP contribution < -0.4 is 4.74 Å². The Morgan fingerprint density at radius 3 is 2.45 bits per heavy atom. The predicted octanol–water partition coefficient (Wildman–Crippen LogP) is 8.41. The van der Waals surface area contributed by atoms with Crippen molar-refractivity contribution in [2.45, 2.75) is 42.9 Å². The SMILES string of the molecule is CCOc1ccc2ccccc2c1C(=O)N(C)C[C@@H](CCN1CCC(c2ccccc2[S@](C)=O)CC1)c1ccc(Cl)c(Cl)c1. The van der Waals surface area contributed by atoms with Gasteiger partial charge in [0.05, 0.1) is 33.0 Å². The third-order valence-corrected chi connectivity index (χ3v) is 10.4. The lowest BCUT2D eigenvalue weighted by Crippen LogP contribution is -2.36. The first-order valence-electron chi connectivity index (χ1n) is 15.3. The molecule has 8 heteroatoms. The van der Waals surface area contributed by atoms with Crippen LogP contribution >= 0.6 is 23.2 Å². The van der Waals surface area contributed by atoms with Crippen molar-refractivity contribution in [1.82, 2.24) is 9.80 Å². The Morgan fingerprint density at radius 1 is 1.00 bits per heavy atom. The highest BCUT2D eigenvalue weighted by molar-refractivity contribution is 7.84. The van der Waals surface area contributed by atoms with Crippen molar-refractivity contribution in [3.8, 4) is 5.75 Å². The van der Waals surface area contributed by atoms with Gasteiger partial charge in [0, 0.05) is 30.7 Å². The number of benzene rings is 4. The molecule has 1 saturated heterocycles. The summed E-state index contributed by atoms with van der Waals surface area (Å²) in [5, 5.41) is 2.93. The number of likely N-dealkylation sites (tertiary alicyclic amines) is 1. The zero-order chi connectivity index (χ0) is 31.2. The van der Waals surface area contributed by atoms with E-state index in [0.717, 1.165) is 60.1 Å². The Bertz CT molecular complexity index is 1640. The van der Waals surface area contributed by atoms with Crippen LogP contribution in [0.5, 0.6) is 5.75 Å². The fourth-order valence-corrected chi connectivity index (χ4v) is 7.51. The lowest BCUT2D eigenvalue weighted by Gasteiger charge is -2.34. The molecule has 0 aromatic heterocycles. The van der Waals surface area contributed by atoms with Crippen molar-refractivity contribution < 1.29 is 13.7 Å². The molecule has 5 rings (SSSR count). The van der Waals surface area contributed by atoms with Gasteiger partial charge in [0.1, 0.15) is 5.75 Å². The van der Waals surface area contributed by atoms with Gasteiger partial charge in [-0.3, -0.25) is 9.00 Å². The molecule has 232 valence electrons. The Labute approximate surface area is 273 Å². The number of nitrogens with zero attached hydrogens (tertiary/aromatic N) is 2. The van der Waals surface area contributed by atoms with Gasteiger partial charge in [0.15, 0.2) is 0 Å². The number of amides is 1. The van der Waals surface area contributed by atoms with Crippen LogP contribution in [0.15, 0.2) is 83.8 Å². The lowest BCUT2D eigenvalue weighted by atomic mass is 9.88. The molecule has 0 saturated carbocycles. The molecule has 0 spiro atoms. The summed E-state index contributed by atoms with van der Waals surface area (Å²) >= 11 is 12.8. The molecule has 4 aromatic rings. The van der Waals surface area contributed by atoms with E-state index in [0.29, 0.717) is 40.4 Å². The molecular weight excluding hydrogens is 611 g/mol. The van der Waals surface area contributed by atoms with Crippen LogP contribution in [-0.2, 0) is 10.8 Å². The van der Waals surface area contributed by atoms with E-state index < -0.39 is 10.8 Å². The van der Waals surface area contributed by atoms with Crippen LogP contribution in [0.2, 0.25) is 10.0 Å². The highest BCUT2D eigenvalue weighted by Crippen LogP contribution is 2.34. The second-order valence-electron chi connectivity index (χ2n) is 11.5. The second-order valence-corrected chi connectivity index (χ2v) is 13.7. The van der Waals surface area contributed by atoms with Crippen molar-refractivity contribution in [1.29, 1.82) is 0 Å². The number of fused-ring (bicyclic) bond motifs is 1. The van der Waals surface area contributed by atoms with Crippen molar-refractivity contribution in [2.75, 3.05) is 46.1 Å². The van der Waals surface area contributed by atoms with E-state index in [4.69, 9.17) is 27.9 Å². The van der Waals surface area contributed by atoms with Gasteiger partial charge in [-0.15, -0.1) is 0 Å². The van der Waals surface area contributed by atoms with Gasteiger partial charge in [-0.25, -0.2) is 0 Å². The maximum absolute atomic E-state index is 14.1. The van der Waals surface area contributed by atoms with E-state index in [1.807, 2.05) is 91.7 Å². The summed E-state index contributed by atoms with van der Waals surface area (Å²) < 4.78 is 18.2. The van der Waals surface area contributed by atoms with Crippen molar-refractivity contribution >= 4 is 50.7 Å². The van der Waals surface area contributed by atoms with Gasteiger partial charge in [0.2, 0.25) is 0 Å². The molecule has 1 fully saturated rings. The Morgan fingerprint density at radius 2 is 1.73 bits per heavy atom. The number of likely N-dealkylation sites (N-methyl/N-ethyl adjacent to an activating group) is 1. The average molecular weight is 652 g/mol. The lowest BCUT2D eigenvalue weighted by molar-refractivity contribution is 0.0779. The van der Waals surface area contributed by atoms with Crippen LogP contribution in [0.4, 0.5) is 0 Å². The highest BCUT2D eigenvalue weighted by atomic mass is 35.5. The summed E-state index contributed by atoms with van der Waals surface area (Å²) in [4.78, 5) is 19.3. The average Bonchev–Trinajstić information content (AvgIpc) is 3.04. The van der Waals surface area contributed by atoms with Crippen molar-refractivity contribution in [2.24, 2.45) is 0 Å². The summed E-state index contributed by atoms with van der Waals surface area (Å²) in [6.45, 7) is 5.79. The van der Waals surface area contributed by atoms with E-state index in [2.05, 4.69) is 11.0 Å². The van der Waals surface area contributed by atoms with E-state index in [1.54, 1.807) is 6.26 Å². The number of ether oxygens (including phenoxy) is 1. The zero-order valence-electron chi connectivity index (χ0n) is 25.6. The standard InChI is InChI=1S/C36H40Cl2N2O3S/c1-4-43-33-16-14-25-9-5-6-11-30(25)35(33)36(41)39(2)24-28(27-13-15-31(37)32(38)23-27)19-22-40-20-17-26(18-21-40)29-10-7-8-12-34(29)44(3)42/h5-16,23,26,28H,4,17-22,24H2,1-3H3/t28-,44+/m1/s1. The number of hydrogen-bond donors (Lipinski definition) is 0. The van der Waals surface area contributed by atoms with Crippen LogP contribution in [-0.4, -0.2) is 66.0 Å². The molecule has 0 N–H and O–H groups in total. The fourth-order valence-electron chi connectivity index (χ4n) is 6.37. The minimum Gasteiger partial charge on any atom is -0.493 e. The quantitative estimate of drug-likeness (QED) is 0.164. The number of carbonyl (C=O) groups is 1. The zero-order valence-corrected chi connectivity index (χ0v) is 27.9. The summed E-state index contributed by atoms with van der Waals surface area (Å²) in [7, 11) is 0.872. The first-order chi connectivity index (χ1) is 21.3. The third kappa shape index (κ3) is 7.48. The molecule has 5 nitrogen and oxygen atoms in total. The number of carbonyl (C=O) groups excluding carboxylic acids is 1. The number of piperidine rings is 1. The van der Waals surface area contributed by atoms with Gasteiger partial charge in [0.25, 0.3) is 5.91 Å². The first kappa shape index (κ1) is 32.5. The normalized spacial score (nSPS) is 15.7. The molecule has 1 amide bonds. The van der Waals surface area contributed by atoms with Crippen molar-refractivity contribution in [3.63, 3.8) is 0 Å². The summed E-state index contributed by atoms with van der Waals surface area (Å²) in [5.74, 6) is 1.01. The molecule has 2 atom stereocenters. The first-order valence-corrected chi connectivity index (χ1v) is 17.6. The van der Waals surface area contributed by atoms with Crippen LogP contribution in [0.1, 0.15) is 59.5 Å². The number of halogens is 2. The highest BCUT2D eigenvalue weighted by Gasteiger charge is 2.27. The minimum atomic E-state index is -0.994. The molecule has 1 aliphatic rings. The summed E-state index contributed by atoms with van der Waals surface area (Å²) in [6, 6.07) is 25.8. The maximum atomic E-state index is 14.1.